The molecule has 6 nitrogen and oxygen atoms in total. The molecule has 106 valence electrons. The molecule has 0 aromatic carbocycles. The Morgan fingerprint density at radius 2 is 2.00 bits per heavy atom. The summed E-state index contributed by atoms with van der Waals surface area (Å²) < 4.78 is 25.7. The standard InChI is InChI=1S/C11H24N4O2S/c1-14(2)13-18(16,17)15-7-3-4-10(9-15)8-12-11-5-6-11/h10-13H,3-9H2,1-2H3. The molecule has 0 bridgehead atoms. The number of rotatable bonds is 6. The van der Waals surface area contributed by atoms with Gasteiger partial charge >= 0.3 is 0 Å². The molecule has 1 aliphatic heterocycles. The third kappa shape index (κ3) is 4.17. The average Bonchev–Trinajstić information content (AvgIpc) is 3.09. The molecule has 1 heterocycles. The highest BCUT2D eigenvalue weighted by molar-refractivity contribution is 7.87. The van der Waals surface area contributed by atoms with Crippen LogP contribution in [-0.2, 0) is 10.2 Å². The first-order valence-electron chi connectivity index (χ1n) is 6.65. The molecule has 2 N–H and O–H groups in total. The van der Waals surface area contributed by atoms with Crippen LogP contribution in [0.2, 0.25) is 0 Å². The summed E-state index contributed by atoms with van der Waals surface area (Å²) in [5, 5.41) is 4.96. The molecule has 0 aromatic rings. The van der Waals surface area contributed by atoms with Gasteiger partial charge in [-0.3, -0.25) is 0 Å². The van der Waals surface area contributed by atoms with Crippen molar-refractivity contribution in [2.45, 2.75) is 31.7 Å². The third-order valence-corrected chi connectivity index (χ3v) is 5.00. The van der Waals surface area contributed by atoms with E-state index in [4.69, 9.17) is 0 Å². The maximum Gasteiger partial charge on any atom is 0.292 e. The number of hydrogen-bond donors (Lipinski definition) is 2. The van der Waals surface area contributed by atoms with Crippen LogP contribution in [-0.4, -0.2) is 57.5 Å². The minimum absolute atomic E-state index is 0.443. The van der Waals surface area contributed by atoms with Crippen molar-refractivity contribution < 1.29 is 8.42 Å². The molecule has 1 aliphatic carbocycles. The fourth-order valence-electron chi connectivity index (χ4n) is 2.32. The summed E-state index contributed by atoms with van der Waals surface area (Å²) in [6, 6.07) is 0.692. The summed E-state index contributed by atoms with van der Waals surface area (Å²) >= 11 is 0. The van der Waals surface area contributed by atoms with E-state index in [1.54, 1.807) is 18.4 Å². The third-order valence-electron chi connectivity index (χ3n) is 3.39. The fraction of sp³-hybridized carbons (Fsp3) is 1.00. The van der Waals surface area contributed by atoms with Crippen molar-refractivity contribution in [2.24, 2.45) is 5.92 Å². The zero-order valence-electron chi connectivity index (χ0n) is 11.2. The monoisotopic (exact) mass is 276 g/mol. The molecule has 0 radical (unpaired) electrons. The first-order chi connectivity index (χ1) is 8.47. The van der Waals surface area contributed by atoms with Gasteiger partial charge in [0.25, 0.3) is 10.2 Å². The van der Waals surface area contributed by atoms with Crippen molar-refractivity contribution in [2.75, 3.05) is 33.7 Å². The van der Waals surface area contributed by atoms with Crippen molar-refractivity contribution in [3.8, 4) is 0 Å². The Labute approximate surface area is 110 Å². The molecule has 1 unspecified atom stereocenters. The summed E-state index contributed by atoms with van der Waals surface area (Å²) in [5.41, 5.74) is 0. The van der Waals surface area contributed by atoms with E-state index < -0.39 is 10.2 Å². The molecule has 0 spiro atoms. The van der Waals surface area contributed by atoms with Gasteiger partial charge in [0.1, 0.15) is 0 Å². The summed E-state index contributed by atoms with van der Waals surface area (Å²) in [5.74, 6) is 0.443. The van der Waals surface area contributed by atoms with Crippen LogP contribution >= 0.6 is 0 Å². The first-order valence-corrected chi connectivity index (χ1v) is 8.09. The number of nitrogens with zero attached hydrogens (tertiary/aromatic N) is 2. The Balaban J connectivity index is 1.84. The lowest BCUT2D eigenvalue weighted by molar-refractivity contribution is 0.245. The second-order valence-corrected chi connectivity index (χ2v) is 7.19. The largest absolute Gasteiger partial charge is 0.314 e. The molecule has 1 saturated carbocycles. The Kier molecular flexibility index (Phi) is 4.60. The molecule has 2 fully saturated rings. The van der Waals surface area contributed by atoms with Gasteiger partial charge in [0.15, 0.2) is 0 Å². The molecular weight excluding hydrogens is 252 g/mol. The minimum atomic E-state index is -3.36. The van der Waals surface area contributed by atoms with E-state index in [1.165, 1.54) is 17.9 Å². The maximum atomic E-state index is 12.0. The number of hydrazine groups is 1. The highest BCUT2D eigenvalue weighted by atomic mass is 32.2. The van der Waals surface area contributed by atoms with E-state index in [-0.39, 0.29) is 0 Å². The SMILES string of the molecule is CN(C)NS(=O)(=O)N1CCCC(CNC2CC2)C1. The summed E-state index contributed by atoms with van der Waals surface area (Å²) in [4.78, 5) is 2.50. The lowest BCUT2D eigenvalue weighted by Crippen LogP contribution is -2.50. The van der Waals surface area contributed by atoms with Crippen LogP contribution < -0.4 is 10.1 Å². The van der Waals surface area contributed by atoms with E-state index in [0.29, 0.717) is 25.0 Å². The van der Waals surface area contributed by atoms with Crippen LogP contribution in [0.5, 0.6) is 0 Å². The molecule has 18 heavy (non-hydrogen) atoms. The van der Waals surface area contributed by atoms with Gasteiger partial charge in [-0.1, -0.05) is 0 Å². The highest BCUT2D eigenvalue weighted by Gasteiger charge is 2.30. The van der Waals surface area contributed by atoms with Crippen molar-refractivity contribution in [3.05, 3.63) is 0 Å². The number of piperidine rings is 1. The molecule has 7 heteroatoms. The van der Waals surface area contributed by atoms with Crippen LogP contribution in [0.1, 0.15) is 25.7 Å². The van der Waals surface area contributed by atoms with E-state index in [1.807, 2.05) is 0 Å². The summed E-state index contributed by atoms with van der Waals surface area (Å²) in [6.45, 7) is 2.20. The van der Waals surface area contributed by atoms with Gasteiger partial charge in [0.2, 0.25) is 0 Å². The molecule has 0 amide bonds. The normalized spacial score (nSPS) is 26.7. The highest BCUT2D eigenvalue weighted by Crippen LogP contribution is 2.22. The van der Waals surface area contributed by atoms with Gasteiger partial charge < -0.3 is 5.32 Å². The predicted octanol–water partition coefficient (Wildman–Crippen LogP) is -0.239. The fourth-order valence-corrected chi connectivity index (χ4v) is 3.67. The Hall–Kier alpha value is -0.210. The van der Waals surface area contributed by atoms with E-state index in [0.717, 1.165) is 19.4 Å². The lowest BCUT2D eigenvalue weighted by Gasteiger charge is -2.32. The molecule has 1 atom stereocenters. The topological polar surface area (TPSA) is 64.7 Å². The molecule has 0 aromatic heterocycles. The summed E-state index contributed by atoms with van der Waals surface area (Å²) in [6.07, 6.45) is 4.62. The first kappa shape index (κ1) is 14.2. The van der Waals surface area contributed by atoms with Crippen LogP contribution in [0.4, 0.5) is 0 Å². The Morgan fingerprint density at radius 3 is 2.61 bits per heavy atom. The maximum absolute atomic E-state index is 12.0. The van der Waals surface area contributed by atoms with Gasteiger partial charge in [-0.05, 0) is 38.1 Å². The van der Waals surface area contributed by atoms with Gasteiger partial charge in [-0.2, -0.15) is 12.7 Å². The van der Waals surface area contributed by atoms with Crippen molar-refractivity contribution in [1.82, 2.24) is 19.5 Å². The van der Waals surface area contributed by atoms with Crippen LogP contribution in [0.3, 0.4) is 0 Å². The predicted molar refractivity (Wildman–Crippen MR) is 71.1 cm³/mol. The Bertz CT molecular complexity index is 367. The van der Waals surface area contributed by atoms with Crippen LogP contribution in [0.15, 0.2) is 0 Å². The molecular formula is C11H24N4O2S. The Morgan fingerprint density at radius 1 is 1.28 bits per heavy atom. The van der Waals surface area contributed by atoms with Gasteiger partial charge in [0.05, 0.1) is 0 Å². The summed E-state index contributed by atoms with van der Waals surface area (Å²) in [7, 11) is 0.0193. The van der Waals surface area contributed by atoms with E-state index in [9.17, 15) is 8.42 Å². The molecule has 2 aliphatic rings. The lowest BCUT2D eigenvalue weighted by atomic mass is 10.00. The van der Waals surface area contributed by atoms with E-state index >= 15 is 0 Å². The quantitative estimate of drug-likeness (QED) is 0.657. The van der Waals surface area contributed by atoms with Crippen LogP contribution in [0, 0.1) is 5.92 Å². The number of hydrogen-bond acceptors (Lipinski definition) is 4. The number of nitrogens with one attached hydrogen (secondary N) is 2. The van der Waals surface area contributed by atoms with Gasteiger partial charge in [-0.15, -0.1) is 4.83 Å². The van der Waals surface area contributed by atoms with Crippen molar-refractivity contribution in [3.63, 3.8) is 0 Å². The van der Waals surface area contributed by atoms with Crippen molar-refractivity contribution >= 4 is 10.2 Å². The minimum Gasteiger partial charge on any atom is -0.314 e. The smallest absolute Gasteiger partial charge is 0.292 e. The van der Waals surface area contributed by atoms with Gasteiger partial charge in [0, 0.05) is 33.2 Å². The van der Waals surface area contributed by atoms with E-state index in [2.05, 4.69) is 10.1 Å². The zero-order chi connectivity index (χ0) is 13.2. The second-order valence-electron chi connectivity index (χ2n) is 5.54. The second kappa shape index (κ2) is 5.83. The van der Waals surface area contributed by atoms with Gasteiger partial charge in [-0.25, -0.2) is 5.01 Å². The van der Waals surface area contributed by atoms with Crippen LogP contribution in [0.25, 0.3) is 0 Å². The van der Waals surface area contributed by atoms with Crippen molar-refractivity contribution in [1.29, 1.82) is 0 Å². The zero-order valence-corrected chi connectivity index (χ0v) is 12.0. The molecule has 1 saturated heterocycles. The average molecular weight is 276 g/mol. The molecule has 2 rings (SSSR count).